The van der Waals surface area contributed by atoms with Crippen LogP contribution in [0.5, 0.6) is 0 Å². The Morgan fingerprint density at radius 3 is 1.78 bits per heavy atom. The molecule has 0 aliphatic rings. The predicted octanol–water partition coefficient (Wildman–Crippen LogP) is 8.85. The molecule has 0 fully saturated rings. The Morgan fingerprint density at radius 2 is 1.10 bits per heavy atom. The number of nitrogens with zero attached hydrogens (tertiary/aromatic N) is 5. The quantitative estimate of drug-likeness (QED) is 0.208. The van der Waals surface area contributed by atoms with Crippen LogP contribution in [0.3, 0.4) is 0 Å². The fourth-order valence-electron chi connectivity index (χ4n) is 5.30. The highest BCUT2D eigenvalue weighted by Gasteiger charge is 2.16. The third-order valence-corrected chi connectivity index (χ3v) is 8.18. The molecule has 8 aromatic rings. The van der Waals surface area contributed by atoms with Gasteiger partial charge in [-0.15, -0.1) is 0 Å². The van der Waals surface area contributed by atoms with Crippen LogP contribution in [0.15, 0.2) is 128 Å². The second-order valence-electron chi connectivity index (χ2n) is 9.83. The van der Waals surface area contributed by atoms with E-state index < -0.39 is 0 Å². The van der Waals surface area contributed by atoms with Crippen LogP contribution in [0, 0.1) is 0 Å². The number of benzene rings is 5. The fraction of sp³-hybridized carbons (Fsp3) is 0. The molecule has 3 heterocycles. The Bertz CT molecular complexity index is 2140. The Labute approximate surface area is 240 Å². The molecule has 0 atom stereocenters. The van der Waals surface area contributed by atoms with Crippen LogP contribution in [0.4, 0.5) is 0 Å². The van der Waals surface area contributed by atoms with Gasteiger partial charge in [-0.05, 0) is 45.9 Å². The summed E-state index contributed by atoms with van der Waals surface area (Å²) in [5.74, 6) is 1.94. The first kappa shape index (κ1) is 23.5. The minimum absolute atomic E-state index is 0.641. The first-order chi connectivity index (χ1) is 20.3. The van der Waals surface area contributed by atoms with Crippen molar-refractivity contribution in [2.24, 2.45) is 0 Å². The van der Waals surface area contributed by atoms with Gasteiger partial charge in [-0.1, -0.05) is 103 Å². The van der Waals surface area contributed by atoms with Gasteiger partial charge in [-0.25, -0.2) is 15.0 Å². The molecule has 0 saturated heterocycles. The molecule has 5 nitrogen and oxygen atoms in total. The van der Waals surface area contributed by atoms with Gasteiger partial charge in [0.1, 0.15) is 5.69 Å². The highest BCUT2D eigenvalue weighted by molar-refractivity contribution is 7.15. The maximum absolute atomic E-state index is 4.95. The topological polar surface area (TPSA) is 64.5 Å². The van der Waals surface area contributed by atoms with Crippen molar-refractivity contribution in [3.05, 3.63) is 128 Å². The summed E-state index contributed by atoms with van der Waals surface area (Å²) < 4.78 is 5.99. The Balaban J connectivity index is 1.36. The summed E-state index contributed by atoms with van der Waals surface area (Å²) in [6, 6.07) is 41.2. The molecule has 8 rings (SSSR count). The maximum atomic E-state index is 4.95. The molecule has 0 N–H and O–H groups in total. The average molecular weight is 544 g/mol. The number of hydrogen-bond donors (Lipinski definition) is 0. The second-order valence-corrected chi connectivity index (χ2v) is 10.6. The monoisotopic (exact) mass is 543 g/mol. The van der Waals surface area contributed by atoms with Crippen molar-refractivity contribution in [3.8, 4) is 45.6 Å². The molecule has 0 spiro atoms. The minimum atomic E-state index is 0.641. The summed E-state index contributed by atoms with van der Waals surface area (Å²) in [7, 11) is 0. The van der Waals surface area contributed by atoms with Crippen molar-refractivity contribution in [2.75, 3.05) is 0 Å². The zero-order valence-corrected chi connectivity index (χ0v) is 22.6. The summed E-state index contributed by atoms with van der Waals surface area (Å²) in [5.41, 5.74) is 4.64. The Hall–Kier alpha value is -5.33. The number of pyridine rings is 1. The average Bonchev–Trinajstić information content (AvgIpc) is 3.50. The molecule has 0 saturated carbocycles. The molecular formula is C35H21N5S. The third kappa shape index (κ3) is 4.13. The van der Waals surface area contributed by atoms with Gasteiger partial charge in [0.2, 0.25) is 0 Å². The van der Waals surface area contributed by atoms with E-state index in [-0.39, 0.29) is 0 Å². The number of aromatic nitrogens is 5. The molecular weight excluding hydrogens is 522 g/mol. The predicted molar refractivity (Wildman–Crippen MR) is 168 cm³/mol. The van der Waals surface area contributed by atoms with E-state index in [2.05, 4.69) is 47.4 Å². The van der Waals surface area contributed by atoms with Gasteiger partial charge in [0.05, 0.1) is 10.4 Å². The fourth-order valence-corrected chi connectivity index (χ4v) is 6.25. The Morgan fingerprint density at radius 1 is 0.488 bits per heavy atom. The van der Waals surface area contributed by atoms with Gasteiger partial charge in [0.15, 0.2) is 17.5 Å². The zero-order chi connectivity index (χ0) is 27.2. The number of fused-ring (bicyclic) bond motifs is 5. The summed E-state index contributed by atoms with van der Waals surface area (Å²) in [4.78, 5) is 19.3. The summed E-state index contributed by atoms with van der Waals surface area (Å²) >= 11 is 1.52. The molecule has 0 aliphatic carbocycles. The van der Waals surface area contributed by atoms with E-state index in [0.29, 0.717) is 17.5 Å². The lowest BCUT2D eigenvalue weighted by atomic mass is 9.98. The minimum Gasteiger partial charge on any atom is -0.255 e. The molecule has 0 aliphatic heterocycles. The summed E-state index contributed by atoms with van der Waals surface area (Å²) in [5, 5.41) is 5.76. The first-order valence-electron chi connectivity index (χ1n) is 13.4. The van der Waals surface area contributed by atoms with Crippen molar-refractivity contribution < 1.29 is 0 Å². The van der Waals surface area contributed by atoms with Crippen LogP contribution in [-0.2, 0) is 0 Å². The lowest BCUT2D eigenvalue weighted by Crippen LogP contribution is -2.00. The second kappa shape index (κ2) is 9.70. The first-order valence-corrected chi connectivity index (χ1v) is 14.1. The van der Waals surface area contributed by atoms with Gasteiger partial charge in [0.25, 0.3) is 0 Å². The largest absolute Gasteiger partial charge is 0.255 e. The van der Waals surface area contributed by atoms with Crippen LogP contribution in [-0.4, -0.2) is 24.3 Å². The Kier molecular flexibility index (Phi) is 5.57. The highest BCUT2D eigenvalue weighted by Crippen LogP contribution is 2.39. The number of rotatable bonds is 4. The van der Waals surface area contributed by atoms with E-state index in [9.17, 15) is 0 Å². The third-order valence-electron chi connectivity index (χ3n) is 7.30. The molecule has 0 amide bonds. The van der Waals surface area contributed by atoms with Gasteiger partial charge in [-0.3, -0.25) is 4.98 Å². The van der Waals surface area contributed by atoms with E-state index in [1.165, 1.54) is 22.3 Å². The van der Waals surface area contributed by atoms with E-state index in [4.69, 9.17) is 19.3 Å². The molecule has 3 aromatic heterocycles. The molecule has 0 bridgehead atoms. The molecule has 5 aromatic carbocycles. The molecule has 41 heavy (non-hydrogen) atoms. The molecule has 0 unspecified atom stereocenters. The summed E-state index contributed by atoms with van der Waals surface area (Å²) in [6.07, 6.45) is 1.81. The molecule has 0 radical (unpaired) electrons. The van der Waals surface area contributed by atoms with E-state index in [1.807, 2.05) is 85.1 Å². The van der Waals surface area contributed by atoms with Crippen molar-refractivity contribution in [2.45, 2.75) is 0 Å². The van der Waals surface area contributed by atoms with Crippen molar-refractivity contribution >= 4 is 43.2 Å². The molecule has 6 heteroatoms. The van der Waals surface area contributed by atoms with Gasteiger partial charge in [-0.2, -0.15) is 4.37 Å². The molecule has 192 valence electrons. The number of hydrogen-bond acceptors (Lipinski definition) is 6. The van der Waals surface area contributed by atoms with Crippen molar-refractivity contribution in [1.82, 2.24) is 24.3 Å². The highest BCUT2D eigenvalue weighted by atomic mass is 32.1. The zero-order valence-electron chi connectivity index (χ0n) is 21.8. The van der Waals surface area contributed by atoms with Crippen molar-refractivity contribution in [1.29, 1.82) is 0 Å². The normalized spacial score (nSPS) is 11.4. The lowest BCUT2D eigenvalue weighted by Gasteiger charge is -2.10. The van der Waals surface area contributed by atoms with E-state index >= 15 is 0 Å². The van der Waals surface area contributed by atoms with Crippen LogP contribution < -0.4 is 0 Å². The van der Waals surface area contributed by atoms with Crippen LogP contribution in [0.1, 0.15) is 0 Å². The van der Waals surface area contributed by atoms with Gasteiger partial charge in [0, 0.05) is 33.7 Å². The van der Waals surface area contributed by atoms with Crippen LogP contribution in [0.25, 0.3) is 77.2 Å². The standard InChI is InChI=1S/C35H21N5S/c1-3-9-24(10-4-1)33-37-34(25-11-5-2-6-12-25)39-35(38-33)26-17-15-22-14-16-23-18-19-27-31(29-13-7-8-20-36-29)40-41-32(27)30(23)28(22)21-26/h1-21H. The smallest absolute Gasteiger partial charge is 0.164 e. The van der Waals surface area contributed by atoms with Crippen LogP contribution >= 0.6 is 11.5 Å². The summed E-state index contributed by atoms with van der Waals surface area (Å²) in [6.45, 7) is 0. The van der Waals surface area contributed by atoms with E-state index in [0.717, 1.165) is 48.9 Å². The van der Waals surface area contributed by atoms with Crippen LogP contribution in [0.2, 0.25) is 0 Å². The van der Waals surface area contributed by atoms with Gasteiger partial charge >= 0.3 is 0 Å². The van der Waals surface area contributed by atoms with E-state index in [1.54, 1.807) is 0 Å². The maximum Gasteiger partial charge on any atom is 0.164 e. The van der Waals surface area contributed by atoms with Crippen molar-refractivity contribution in [3.63, 3.8) is 0 Å². The lowest BCUT2D eigenvalue weighted by molar-refractivity contribution is 1.07. The van der Waals surface area contributed by atoms with Gasteiger partial charge < -0.3 is 0 Å². The SMILES string of the molecule is c1ccc(-c2nc(-c3ccccc3)nc(-c3ccc4ccc5ccc6c(-c7ccccn7)nsc6c5c4c3)n2)cc1.